The highest BCUT2D eigenvalue weighted by Gasteiger charge is 2.12. The summed E-state index contributed by atoms with van der Waals surface area (Å²) in [5.41, 5.74) is 10.9. The third kappa shape index (κ3) is 1.46. The summed E-state index contributed by atoms with van der Waals surface area (Å²) in [4.78, 5) is 8.25. The summed E-state index contributed by atoms with van der Waals surface area (Å²) in [6.45, 7) is 2.02. The number of aromatic nitrogens is 3. The molecule has 0 amide bonds. The third-order valence-electron chi connectivity index (χ3n) is 3.23. The Kier molecular flexibility index (Phi) is 2.30. The van der Waals surface area contributed by atoms with Gasteiger partial charge in [-0.25, -0.2) is 9.97 Å². The van der Waals surface area contributed by atoms with Crippen LogP contribution in [0.3, 0.4) is 0 Å². The normalized spacial score (nSPS) is 11.0. The molecule has 18 heavy (non-hydrogen) atoms. The molecule has 0 fully saturated rings. The summed E-state index contributed by atoms with van der Waals surface area (Å²) in [5, 5.41) is 0.925. The average Bonchev–Trinajstić information content (AvgIpc) is 2.71. The lowest BCUT2D eigenvalue weighted by Gasteiger charge is -2.06. The Labute approximate surface area is 105 Å². The smallest absolute Gasteiger partial charge is 0.144 e. The predicted molar refractivity (Wildman–Crippen MR) is 71.9 cm³/mol. The van der Waals surface area contributed by atoms with Crippen molar-refractivity contribution in [3.8, 4) is 11.1 Å². The van der Waals surface area contributed by atoms with Crippen LogP contribution in [0, 0.1) is 13.1 Å². The maximum atomic E-state index is 5.96. The molecule has 2 aromatic heterocycles. The van der Waals surface area contributed by atoms with Gasteiger partial charge in [0.1, 0.15) is 18.2 Å². The van der Waals surface area contributed by atoms with Gasteiger partial charge in [0.2, 0.25) is 0 Å². The average molecular weight is 237 g/mol. The number of nitrogen functional groups attached to an aromatic ring is 1. The highest BCUT2D eigenvalue weighted by molar-refractivity contribution is 5.94. The van der Waals surface area contributed by atoms with Crippen LogP contribution in [0.5, 0.6) is 0 Å². The van der Waals surface area contributed by atoms with Crippen LogP contribution >= 0.6 is 0 Å². The van der Waals surface area contributed by atoms with E-state index in [9.17, 15) is 0 Å². The van der Waals surface area contributed by atoms with Crippen molar-refractivity contribution in [2.45, 2.75) is 6.92 Å². The molecule has 0 saturated carbocycles. The number of hydrogen-bond donors (Lipinski definition) is 1. The van der Waals surface area contributed by atoms with E-state index in [0.717, 1.165) is 33.4 Å². The first-order valence-electron chi connectivity index (χ1n) is 5.71. The second-order valence-electron chi connectivity index (χ2n) is 4.36. The van der Waals surface area contributed by atoms with Gasteiger partial charge in [-0.2, -0.15) is 0 Å². The summed E-state index contributed by atoms with van der Waals surface area (Å²) in [6.07, 6.45) is 6.56. The van der Waals surface area contributed by atoms with Gasteiger partial charge in [-0.3, -0.25) is 0 Å². The van der Waals surface area contributed by atoms with E-state index in [-0.39, 0.29) is 0 Å². The zero-order valence-electron chi connectivity index (χ0n) is 10.3. The lowest BCUT2D eigenvalue weighted by atomic mass is 10.00. The molecule has 0 aliphatic carbocycles. The van der Waals surface area contributed by atoms with Gasteiger partial charge in [-0.1, -0.05) is 12.1 Å². The minimum absolute atomic E-state index is 0.793. The van der Waals surface area contributed by atoms with E-state index < -0.39 is 0 Å². The molecular weight excluding hydrogens is 224 g/mol. The molecule has 89 valence electrons. The van der Waals surface area contributed by atoms with Crippen LogP contribution in [0.25, 0.3) is 22.2 Å². The predicted octanol–water partition coefficient (Wildman–Crippen LogP) is 2.33. The third-order valence-corrected chi connectivity index (χ3v) is 3.23. The molecule has 4 nitrogen and oxygen atoms in total. The van der Waals surface area contributed by atoms with E-state index >= 15 is 0 Å². The molecule has 1 aromatic carbocycles. The molecule has 1 radical (unpaired) electrons. The van der Waals surface area contributed by atoms with E-state index in [0.29, 0.717) is 0 Å². The number of aryl methyl sites for hydroxylation is 1. The van der Waals surface area contributed by atoms with Crippen LogP contribution in [-0.4, -0.2) is 14.5 Å². The van der Waals surface area contributed by atoms with E-state index in [4.69, 9.17) is 5.73 Å². The molecule has 3 aromatic rings. The van der Waals surface area contributed by atoms with Gasteiger partial charge in [0.05, 0.1) is 5.39 Å². The van der Waals surface area contributed by atoms with Gasteiger partial charge in [-0.15, -0.1) is 0 Å². The van der Waals surface area contributed by atoms with Crippen molar-refractivity contribution in [2.75, 3.05) is 5.73 Å². The van der Waals surface area contributed by atoms with Gasteiger partial charge < -0.3 is 10.3 Å². The fourth-order valence-corrected chi connectivity index (χ4v) is 2.21. The number of anilines is 1. The van der Waals surface area contributed by atoms with Crippen molar-refractivity contribution in [1.82, 2.24) is 14.5 Å². The lowest BCUT2D eigenvalue weighted by Crippen LogP contribution is -1.91. The fraction of sp³-hybridized carbons (Fsp3) is 0.143. The number of benzene rings is 1. The first-order valence-corrected chi connectivity index (χ1v) is 5.71. The quantitative estimate of drug-likeness (QED) is 0.661. The first kappa shape index (κ1) is 10.8. The molecule has 0 spiro atoms. The van der Waals surface area contributed by atoms with Crippen LogP contribution in [0.1, 0.15) is 5.56 Å². The van der Waals surface area contributed by atoms with Gasteiger partial charge in [0.15, 0.2) is 0 Å². The van der Waals surface area contributed by atoms with Crippen LogP contribution < -0.4 is 5.73 Å². The Morgan fingerprint density at radius 3 is 2.94 bits per heavy atom. The number of rotatable bonds is 1. The van der Waals surface area contributed by atoms with Gasteiger partial charge >= 0.3 is 0 Å². The molecule has 2 N–H and O–H groups in total. The van der Waals surface area contributed by atoms with Crippen LogP contribution in [0.4, 0.5) is 5.69 Å². The van der Waals surface area contributed by atoms with Crippen molar-refractivity contribution in [2.24, 2.45) is 7.05 Å². The summed E-state index contributed by atoms with van der Waals surface area (Å²) in [6, 6.07) is 5.92. The molecule has 0 aliphatic heterocycles. The monoisotopic (exact) mass is 237 g/mol. The first-order chi connectivity index (χ1) is 8.68. The second-order valence-corrected chi connectivity index (χ2v) is 4.36. The molecule has 2 heterocycles. The molecule has 0 unspecified atom stereocenters. The van der Waals surface area contributed by atoms with Crippen LogP contribution in [0.15, 0.2) is 30.7 Å². The van der Waals surface area contributed by atoms with Crippen LogP contribution in [0.2, 0.25) is 0 Å². The molecule has 0 bridgehead atoms. The number of nitrogens with two attached hydrogens (primary N) is 1. The summed E-state index contributed by atoms with van der Waals surface area (Å²) < 4.78 is 1.98. The van der Waals surface area contributed by atoms with Gasteiger partial charge in [0.25, 0.3) is 0 Å². The van der Waals surface area contributed by atoms with E-state index in [2.05, 4.69) is 22.2 Å². The topological polar surface area (TPSA) is 56.7 Å². The maximum absolute atomic E-state index is 5.96. The maximum Gasteiger partial charge on any atom is 0.144 e. The summed E-state index contributed by atoms with van der Waals surface area (Å²) in [5.74, 6) is 0. The van der Waals surface area contributed by atoms with Crippen molar-refractivity contribution < 1.29 is 0 Å². The second kappa shape index (κ2) is 3.84. The van der Waals surface area contributed by atoms with E-state index in [1.165, 1.54) is 6.33 Å². The molecule has 0 aliphatic rings. The minimum atomic E-state index is 0.793. The molecular formula is C14H13N4. The van der Waals surface area contributed by atoms with Crippen molar-refractivity contribution >= 4 is 16.7 Å². The lowest BCUT2D eigenvalue weighted by molar-refractivity contribution is 0.944. The van der Waals surface area contributed by atoms with E-state index in [1.54, 1.807) is 0 Å². The van der Waals surface area contributed by atoms with Crippen molar-refractivity contribution in [1.29, 1.82) is 0 Å². The molecule has 0 atom stereocenters. The fourth-order valence-electron chi connectivity index (χ4n) is 2.21. The van der Waals surface area contributed by atoms with Gasteiger partial charge in [0, 0.05) is 24.5 Å². The molecule has 3 rings (SSSR count). The number of nitrogens with zero attached hydrogens (tertiary/aromatic N) is 3. The SMILES string of the molecule is Cc1c(N)cccc1-c1cn(C)c2ncn[c]c12. The Hall–Kier alpha value is -2.36. The largest absolute Gasteiger partial charge is 0.398 e. The Balaban J connectivity index is 2.36. The standard InChI is InChI=1S/C14H13N4/c1-9-10(4-3-5-13(9)15)12-7-18(2)14-11(12)6-16-8-17-14/h3-5,7-8H,15H2,1-2H3. The van der Waals surface area contributed by atoms with Crippen molar-refractivity contribution in [3.63, 3.8) is 0 Å². The zero-order chi connectivity index (χ0) is 12.7. The zero-order valence-corrected chi connectivity index (χ0v) is 10.3. The Morgan fingerprint density at radius 2 is 2.11 bits per heavy atom. The van der Waals surface area contributed by atoms with Crippen LogP contribution in [-0.2, 0) is 7.05 Å². The highest BCUT2D eigenvalue weighted by atomic mass is 15.0. The number of fused-ring (bicyclic) bond motifs is 1. The molecule has 4 heteroatoms. The highest BCUT2D eigenvalue weighted by Crippen LogP contribution is 2.32. The summed E-state index contributed by atoms with van der Waals surface area (Å²) in [7, 11) is 1.97. The van der Waals surface area contributed by atoms with Gasteiger partial charge in [-0.05, 0) is 24.1 Å². The Bertz CT molecular complexity index is 728. The van der Waals surface area contributed by atoms with Crippen molar-refractivity contribution in [3.05, 3.63) is 42.5 Å². The van der Waals surface area contributed by atoms with E-state index in [1.807, 2.05) is 36.9 Å². The number of hydrogen-bond acceptors (Lipinski definition) is 3. The Morgan fingerprint density at radius 1 is 1.28 bits per heavy atom. The minimum Gasteiger partial charge on any atom is -0.398 e. The molecule has 0 saturated heterocycles. The summed E-state index contributed by atoms with van der Waals surface area (Å²) >= 11 is 0.